The highest BCUT2D eigenvalue weighted by molar-refractivity contribution is 5.80. The maximum absolute atomic E-state index is 5.83. The Morgan fingerprint density at radius 2 is 1.36 bits per heavy atom. The van der Waals surface area contributed by atoms with Crippen molar-refractivity contribution in [3.63, 3.8) is 0 Å². The van der Waals surface area contributed by atoms with Gasteiger partial charge in [-0.05, 0) is 47.4 Å². The van der Waals surface area contributed by atoms with Crippen LogP contribution < -0.4 is 11.1 Å². The van der Waals surface area contributed by atoms with Crippen molar-refractivity contribution in [3.8, 4) is 0 Å². The van der Waals surface area contributed by atoms with E-state index in [0.29, 0.717) is 0 Å². The Bertz CT molecular complexity index is 791. The van der Waals surface area contributed by atoms with Gasteiger partial charge >= 0.3 is 0 Å². The summed E-state index contributed by atoms with van der Waals surface area (Å²) in [4.78, 5) is 0. The van der Waals surface area contributed by atoms with Crippen molar-refractivity contribution in [2.75, 3.05) is 18.8 Å². The Morgan fingerprint density at radius 1 is 0.760 bits per heavy atom. The Balaban J connectivity index is 1.67. The first-order valence-corrected chi connectivity index (χ1v) is 8.69. The van der Waals surface area contributed by atoms with Gasteiger partial charge in [0.2, 0.25) is 0 Å². The minimum Gasteiger partial charge on any atom is -0.399 e. The maximum atomic E-state index is 5.83. The summed E-state index contributed by atoms with van der Waals surface area (Å²) in [5, 5.41) is 3.51. The highest BCUT2D eigenvalue weighted by Gasteiger charge is 2.04. The molecule has 3 rings (SSSR count). The van der Waals surface area contributed by atoms with Crippen LogP contribution in [0.4, 0.5) is 5.69 Å². The second kappa shape index (κ2) is 8.86. The van der Waals surface area contributed by atoms with Crippen LogP contribution in [0.15, 0.2) is 91.0 Å². The molecule has 0 spiro atoms. The summed E-state index contributed by atoms with van der Waals surface area (Å²) in [6.45, 7) is 1.80. The van der Waals surface area contributed by atoms with E-state index < -0.39 is 0 Å². The second-order valence-electron chi connectivity index (χ2n) is 6.05. The van der Waals surface area contributed by atoms with E-state index in [4.69, 9.17) is 5.73 Å². The van der Waals surface area contributed by atoms with Gasteiger partial charge in [0.15, 0.2) is 0 Å². The normalized spacial score (nSPS) is 11.4. The third-order valence-corrected chi connectivity index (χ3v) is 4.19. The Labute approximate surface area is 150 Å². The van der Waals surface area contributed by atoms with Gasteiger partial charge < -0.3 is 11.1 Å². The minimum atomic E-state index is 0.789. The molecule has 0 aliphatic rings. The molecule has 0 unspecified atom stereocenters. The first-order valence-electron chi connectivity index (χ1n) is 8.69. The number of hydrogen-bond donors (Lipinski definition) is 2. The van der Waals surface area contributed by atoms with E-state index in [0.717, 1.165) is 25.2 Å². The summed E-state index contributed by atoms with van der Waals surface area (Å²) in [7, 11) is 0. The minimum absolute atomic E-state index is 0.789. The van der Waals surface area contributed by atoms with E-state index in [1.165, 1.54) is 22.3 Å². The lowest BCUT2D eigenvalue weighted by atomic mass is 9.97. The number of anilines is 1. The molecule has 0 fully saturated rings. The van der Waals surface area contributed by atoms with Crippen LogP contribution in [0, 0.1) is 0 Å². The van der Waals surface area contributed by atoms with Gasteiger partial charge in [0.1, 0.15) is 0 Å². The number of nitrogens with two attached hydrogens (primary N) is 1. The molecule has 0 aliphatic carbocycles. The van der Waals surface area contributed by atoms with Crippen molar-refractivity contribution < 1.29 is 0 Å². The smallest absolute Gasteiger partial charge is 0.0314 e. The standard InChI is InChI=1S/C23H24N2/c24-22-13-11-21(12-14-22)23(20-9-5-2-6-10-20)16-18-25-17-15-19-7-3-1-4-8-19/h1-14,16,25H,15,17-18,24H2/b23-16-. The molecule has 3 aromatic rings. The fraction of sp³-hybridized carbons (Fsp3) is 0.130. The zero-order valence-electron chi connectivity index (χ0n) is 14.4. The van der Waals surface area contributed by atoms with Crippen LogP contribution in [0.1, 0.15) is 16.7 Å². The molecule has 3 N–H and O–H groups in total. The zero-order valence-corrected chi connectivity index (χ0v) is 14.4. The summed E-state index contributed by atoms with van der Waals surface area (Å²) in [6, 6.07) is 29.1. The molecule has 25 heavy (non-hydrogen) atoms. The summed E-state index contributed by atoms with van der Waals surface area (Å²) in [6.07, 6.45) is 3.29. The molecule has 126 valence electrons. The lowest BCUT2D eigenvalue weighted by molar-refractivity contribution is 0.745. The Hall–Kier alpha value is -2.84. The molecule has 0 saturated carbocycles. The molecule has 0 amide bonds. The molecule has 0 heterocycles. The largest absolute Gasteiger partial charge is 0.399 e. The van der Waals surface area contributed by atoms with Gasteiger partial charge in [-0.3, -0.25) is 0 Å². The summed E-state index contributed by atoms with van der Waals surface area (Å²) in [5.41, 5.74) is 11.6. The fourth-order valence-electron chi connectivity index (χ4n) is 2.84. The van der Waals surface area contributed by atoms with Crippen molar-refractivity contribution >= 4 is 11.3 Å². The molecular weight excluding hydrogens is 304 g/mol. The van der Waals surface area contributed by atoms with Crippen molar-refractivity contribution in [1.82, 2.24) is 5.32 Å². The molecule has 2 heteroatoms. The van der Waals surface area contributed by atoms with Gasteiger partial charge in [-0.2, -0.15) is 0 Å². The molecule has 0 saturated heterocycles. The highest BCUT2D eigenvalue weighted by Crippen LogP contribution is 2.23. The van der Waals surface area contributed by atoms with Crippen LogP contribution in [0.2, 0.25) is 0 Å². The Morgan fingerprint density at radius 3 is 2.04 bits per heavy atom. The number of rotatable bonds is 7. The predicted molar refractivity (Wildman–Crippen MR) is 107 cm³/mol. The van der Waals surface area contributed by atoms with Crippen molar-refractivity contribution in [2.45, 2.75) is 6.42 Å². The average molecular weight is 328 g/mol. The third-order valence-electron chi connectivity index (χ3n) is 4.19. The van der Waals surface area contributed by atoms with Crippen LogP contribution in [-0.2, 0) is 6.42 Å². The van der Waals surface area contributed by atoms with Crippen molar-refractivity contribution in [3.05, 3.63) is 108 Å². The van der Waals surface area contributed by atoms with E-state index in [1.807, 2.05) is 18.2 Å². The topological polar surface area (TPSA) is 38.0 Å². The fourth-order valence-corrected chi connectivity index (χ4v) is 2.84. The van der Waals surface area contributed by atoms with Gasteiger partial charge in [-0.15, -0.1) is 0 Å². The quantitative estimate of drug-likeness (QED) is 0.494. The maximum Gasteiger partial charge on any atom is 0.0314 e. The van der Waals surface area contributed by atoms with Crippen LogP contribution in [-0.4, -0.2) is 13.1 Å². The lowest BCUT2D eigenvalue weighted by Gasteiger charge is -2.10. The third kappa shape index (κ3) is 5.07. The van der Waals surface area contributed by atoms with E-state index >= 15 is 0 Å². The first kappa shape index (κ1) is 17.0. The number of benzene rings is 3. The summed E-state index contributed by atoms with van der Waals surface area (Å²) in [5.74, 6) is 0. The monoisotopic (exact) mass is 328 g/mol. The number of nitrogens with one attached hydrogen (secondary N) is 1. The number of hydrogen-bond acceptors (Lipinski definition) is 2. The molecule has 0 bridgehead atoms. The molecule has 0 aliphatic heterocycles. The predicted octanol–water partition coefficient (Wildman–Crippen LogP) is 4.53. The van der Waals surface area contributed by atoms with E-state index in [-0.39, 0.29) is 0 Å². The van der Waals surface area contributed by atoms with E-state index in [9.17, 15) is 0 Å². The van der Waals surface area contributed by atoms with Gasteiger partial charge in [0, 0.05) is 12.2 Å². The summed E-state index contributed by atoms with van der Waals surface area (Å²) >= 11 is 0. The molecular formula is C23H24N2. The van der Waals surface area contributed by atoms with Crippen LogP contribution >= 0.6 is 0 Å². The van der Waals surface area contributed by atoms with Gasteiger partial charge in [-0.25, -0.2) is 0 Å². The van der Waals surface area contributed by atoms with Crippen LogP contribution in [0.5, 0.6) is 0 Å². The molecule has 0 aromatic heterocycles. The Kier molecular flexibility index (Phi) is 6.02. The zero-order chi connectivity index (χ0) is 17.3. The molecule has 2 nitrogen and oxygen atoms in total. The van der Waals surface area contributed by atoms with Crippen molar-refractivity contribution in [1.29, 1.82) is 0 Å². The first-order chi connectivity index (χ1) is 12.3. The van der Waals surface area contributed by atoms with E-state index in [2.05, 4.69) is 78.1 Å². The average Bonchev–Trinajstić information content (AvgIpc) is 2.67. The lowest BCUT2D eigenvalue weighted by Crippen LogP contribution is -2.17. The summed E-state index contributed by atoms with van der Waals surface area (Å²) < 4.78 is 0. The molecule has 3 aromatic carbocycles. The van der Waals surface area contributed by atoms with Gasteiger partial charge in [-0.1, -0.05) is 78.9 Å². The van der Waals surface area contributed by atoms with Gasteiger partial charge in [0.25, 0.3) is 0 Å². The van der Waals surface area contributed by atoms with E-state index in [1.54, 1.807) is 0 Å². The second-order valence-corrected chi connectivity index (χ2v) is 6.05. The SMILES string of the molecule is Nc1ccc(/C(=C\CNCCc2ccccc2)c2ccccc2)cc1. The molecule has 0 atom stereocenters. The van der Waals surface area contributed by atoms with Crippen LogP contribution in [0.3, 0.4) is 0 Å². The number of nitrogen functional groups attached to an aromatic ring is 1. The van der Waals surface area contributed by atoms with Gasteiger partial charge in [0.05, 0.1) is 0 Å². The van der Waals surface area contributed by atoms with Crippen LogP contribution in [0.25, 0.3) is 5.57 Å². The van der Waals surface area contributed by atoms with Crippen molar-refractivity contribution in [2.24, 2.45) is 0 Å². The molecule has 0 radical (unpaired) electrons. The highest BCUT2D eigenvalue weighted by atomic mass is 14.8.